The first-order valence-electron chi connectivity index (χ1n) is 6.79. The minimum atomic E-state index is -0.356. The molecule has 0 bridgehead atoms. The summed E-state index contributed by atoms with van der Waals surface area (Å²) in [5.41, 5.74) is 3.18. The van der Waals surface area contributed by atoms with Gasteiger partial charge in [0, 0.05) is 18.3 Å². The first-order valence-corrected chi connectivity index (χ1v) is 7.20. The van der Waals surface area contributed by atoms with Gasteiger partial charge < -0.3 is 5.32 Å². The molecule has 1 aliphatic heterocycles. The van der Waals surface area contributed by atoms with Crippen LogP contribution in [-0.2, 0) is 0 Å². The summed E-state index contributed by atoms with van der Waals surface area (Å²) in [6.07, 6.45) is 6.85. The molecule has 6 heteroatoms. The Morgan fingerprint density at radius 2 is 2.33 bits per heavy atom. The van der Waals surface area contributed by atoms with Crippen molar-refractivity contribution in [2.75, 3.05) is 0 Å². The van der Waals surface area contributed by atoms with E-state index in [4.69, 9.17) is 12.2 Å². The van der Waals surface area contributed by atoms with Crippen molar-refractivity contribution in [3.05, 3.63) is 57.9 Å². The molecule has 1 aromatic carbocycles. The van der Waals surface area contributed by atoms with Crippen LogP contribution in [0.15, 0.2) is 42.2 Å². The van der Waals surface area contributed by atoms with Crippen molar-refractivity contribution in [2.24, 2.45) is 5.92 Å². The Balaban J connectivity index is 1.79. The molecule has 1 aliphatic carbocycles. The van der Waals surface area contributed by atoms with Crippen molar-refractivity contribution in [1.29, 1.82) is 0 Å². The Bertz CT molecular complexity index is 667. The molecule has 0 fully saturated rings. The van der Waals surface area contributed by atoms with E-state index in [-0.39, 0.29) is 10.6 Å². The minimum absolute atomic E-state index is 0.131. The first-order chi connectivity index (χ1) is 10.1. The average Bonchev–Trinajstić information content (AvgIpc) is 3.09. The number of nitro groups is 1. The smallest absolute Gasteiger partial charge is 0.270 e. The fourth-order valence-corrected chi connectivity index (χ4v) is 3.00. The minimum Gasteiger partial charge on any atom is -0.336 e. The highest BCUT2D eigenvalue weighted by Gasteiger charge is 2.24. The van der Waals surface area contributed by atoms with E-state index in [9.17, 15) is 10.1 Å². The molecule has 107 valence electrons. The van der Waals surface area contributed by atoms with Crippen LogP contribution in [0.2, 0.25) is 0 Å². The predicted octanol–water partition coefficient (Wildman–Crippen LogP) is 3.11. The lowest BCUT2D eigenvalue weighted by molar-refractivity contribution is -0.384. The maximum Gasteiger partial charge on any atom is 0.270 e. The molecule has 0 amide bonds. The zero-order valence-corrected chi connectivity index (χ0v) is 12.1. The van der Waals surface area contributed by atoms with Crippen molar-refractivity contribution >= 4 is 28.6 Å². The number of nitrogens with zero attached hydrogens (tertiary/aromatic N) is 2. The van der Waals surface area contributed by atoms with Crippen LogP contribution in [0.4, 0.5) is 5.69 Å². The van der Waals surface area contributed by atoms with Gasteiger partial charge >= 0.3 is 0 Å². The van der Waals surface area contributed by atoms with E-state index in [0.717, 1.165) is 30.5 Å². The average molecular weight is 300 g/mol. The summed E-state index contributed by atoms with van der Waals surface area (Å²) in [5.74, 6) is 0.338. The van der Waals surface area contributed by atoms with Gasteiger partial charge in [-0.25, -0.2) is 5.32 Å². The van der Waals surface area contributed by atoms with Gasteiger partial charge in [-0.1, -0.05) is 18.2 Å². The molecule has 3 rings (SSSR count). The topological polar surface area (TPSA) is 69.3 Å². The van der Waals surface area contributed by atoms with E-state index in [0.29, 0.717) is 11.0 Å². The number of thiocarbonyl (C=S) groups is 1. The summed E-state index contributed by atoms with van der Waals surface area (Å²) in [6.45, 7) is 0. The lowest BCUT2D eigenvalue weighted by Gasteiger charge is -2.15. The van der Waals surface area contributed by atoms with Crippen LogP contribution in [-0.4, -0.2) is 10.0 Å². The van der Waals surface area contributed by atoms with Crippen LogP contribution in [0.25, 0.3) is 5.57 Å². The van der Waals surface area contributed by atoms with E-state index in [1.165, 1.54) is 11.6 Å². The number of benzene rings is 1. The number of non-ortho nitro benzene ring substituents is 1. The highest BCUT2D eigenvalue weighted by molar-refractivity contribution is 7.80. The van der Waals surface area contributed by atoms with Gasteiger partial charge in [-0.2, -0.15) is 0 Å². The Morgan fingerprint density at radius 1 is 1.48 bits per heavy atom. The maximum atomic E-state index is 10.9. The number of nitro benzene ring substituents is 1. The van der Waals surface area contributed by atoms with Crippen molar-refractivity contribution in [3.8, 4) is 0 Å². The van der Waals surface area contributed by atoms with Crippen LogP contribution >= 0.6 is 12.2 Å². The molecular weight excluding hydrogens is 286 g/mol. The molecule has 0 saturated heterocycles. The van der Waals surface area contributed by atoms with Gasteiger partial charge in [0.1, 0.15) is 0 Å². The van der Waals surface area contributed by atoms with Crippen molar-refractivity contribution in [1.82, 2.24) is 10.6 Å². The third-order valence-corrected chi connectivity index (χ3v) is 3.98. The zero-order chi connectivity index (χ0) is 14.8. The van der Waals surface area contributed by atoms with E-state index >= 15 is 0 Å². The summed E-state index contributed by atoms with van der Waals surface area (Å²) < 4.78 is 0. The first kappa shape index (κ1) is 13.8. The number of rotatable bonds is 4. The predicted molar refractivity (Wildman–Crippen MR) is 84.4 cm³/mol. The van der Waals surface area contributed by atoms with E-state index in [1.54, 1.807) is 12.1 Å². The van der Waals surface area contributed by atoms with Gasteiger partial charge in [0.05, 0.1) is 10.6 Å². The van der Waals surface area contributed by atoms with Crippen LogP contribution in [0, 0.1) is 16.0 Å². The number of hydrogen-bond acceptors (Lipinski definition) is 3. The molecular formula is C15H14N3O2S. The van der Waals surface area contributed by atoms with Crippen LogP contribution in [0.5, 0.6) is 0 Å². The van der Waals surface area contributed by atoms with Crippen molar-refractivity contribution in [2.45, 2.75) is 19.3 Å². The van der Waals surface area contributed by atoms with E-state index in [2.05, 4.69) is 16.7 Å². The SMILES string of the molecule is O=[N+]([O-])c1cccc(C2=CCCC2CC2=CNC(=S)[N]2)c1. The quantitative estimate of drug-likeness (QED) is 0.527. The van der Waals surface area contributed by atoms with Gasteiger partial charge in [0.2, 0.25) is 0 Å². The summed E-state index contributed by atoms with van der Waals surface area (Å²) in [6, 6.07) is 6.83. The fraction of sp³-hybridized carbons (Fsp3) is 0.267. The zero-order valence-electron chi connectivity index (χ0n) is 11.3. The van der Waals surface area contributed by atoms with Crippen molar-refractivity contribution in [3.63, 3.8) is 0 Å². The third kappa shape index (κ3) is 2.95. The highest BCUT2D eigenvalue weighted by atomic mass is 32.1. The molecule has 1 aromatic rings. The van der Waals surface area contributed by atoms with E-state index < -0.39 is 0 Å². The Hall–Kier alpha value is -2.21. The number of hydrogen-bond donors (Lipinski definition) is 1. The lowest BCUT2D eigenvalue weighted by Crippen LogP contribution is -2.16. The monoisotopic (exact) mass is 300 g/mol. The van der Waals surface area contributed by atoms with Gasteiger partial charge in [0.25, 0.3) is 5.69 Å². The largest absolute Gasteiger partial charge is 0.336 e. The Morgan fingerprint density at radius 3 is 3.05 bits per heavy atom. The number of nitrogens with one attached hydrogen (secondary N) is 1. The molecule has 0 aromatic heterocycles. The second kappa shape index (κ2) is 5.65. The standard InChI is InChI=1S/C15H14N3O2S/c19-18(20)13-5-1-3-11(8-13)14-6-2-4-10(14)7-12-9-16-15(21)17-12/h1,3,5-6,8-10H,2,4,7H2,(H,16,21). The molecule has 1 unspecified atom stereocenters. The Labute approximate surface area is 127 Å². The summed E-state index contributed by atoms with van der Waals surface area (Å²) in [4.78, 5) is 10.5. The molecule has 1 N–H and O–H groups in total. The maximum absolute atomic E-state index is 10.9. The molecule has 2 aliphatic rings. The van der Waals surface area contributed by atoms with E-state index in [1.807, 2.05) is 12.3 Å². The summed E-state index contributed by atoms with van der Waals surface area (Å²) >= 11 is 4.99. The Kier molecular flexibility index (Phi) is 3.70. The second-order valence-electron chi connectivity index (χ2n) is 5.14. The second-order valence-corrected chi connectivity index (χ2v) is 5.53. The lowest BCUT2D eigenvalue weighted by atomic mass is 9.91. The molecule has 1 heterocycles. The van der Waals surface area contributed by atoms with Gasteiger partial charge in [-0.05, 0) is 48.5 Å². The van der Waals surface area contributed by atoms with Gasteiger partial charge in [-0.3, -0.25) is 10.1 Å². The fourth-order valence-electron chi connectivity index (χ4n) is 2.82. The van der Waals surface area contributed by atoms with Gasteiger partial charge in [-0.15, -0.1) is 0 Å². The summed E-state index contributed by atoms with van der Waals surface area (Å²) in [5, 5.41) is 18.6. The highest BCUT2D eigenvalue weighted by Crippen LogP contribution is 2.38. The van der Waals surface area contributed by atoms with Crippen molar-refractivity contribution < 1.29 is 4.92 Å². The third-order valence-electron chi connectivity index (χ3n) is 3.77. The molecule has 21 heavy (non-hydrogen) atoms. The molecule has 1 atom stereocenters. The molecule has 0 spiro atoms. The molecule has 0 saturated carbocycles. The summed E-state index contributed by atoms with van der Waals surface area (Å²) in [7, 11) is 0. The molecule has 5 nitrogen and oxygen atoms in total. The van der Waals surface area contributed by atoms with Crippen LogP contribution in [0.1, 0.15) is 24.8 Å². The van der Waals surface area contributed by atoms with Crippen LogP contribution < -0.4 is 10.6 Å². The van der Waals surface area contributed by atoms with Gasteiger partial charge in [0.15, 0.2) is 5.11 Å². The number of allylic oxidation sites excluding steroid dienone is 3. The normalized spacial score (nSPS) is 20.6. The molecule has 1 radical (unpaired) electrons. The van der Waals surface area contributed by atoms with Crippen LogP contribution in [0.3, 0.4) is 0 Å².